The average molecular weight is 342 g/mol. The van der Waals surface area contributed by atoms with Crippen LogP contribution >= 0.6 is 0 Å². The van der Waals surface area contributed by atoms with Crippen molar-refractivity contribution in [3.63, 3.8) is 0 Å². The molecule has 0 bridgehead atoms. The fourth-order valence-corrected chi connectivity index (χ4v) is 3.29. The number of nitrogens with zero attached hydrogens (tertiary/aromatic N) is 4. The number of fused-ring (bicyclic) bond motifs is 1. The maximum atomic E-state index is 12.6. The van der Waals surface area contributed by atoms with E-state index in [4.69, 9.17) is 0 Å². The van der Waals surface area contributed by atoms with Gasteiger partial charge in [-0.25, -0.2) is 4.98 Å². The molecule has 1 amide bonds. The summed E-state index contributed by atoms with van der Waals surface area (Å²) in [6, 6.07) is 7.69. The average Bonchev–Trinajstić information content (AvgIpc) is 2.59. The van der Waals surface area contributed by atoms with Gasteiger partial charge in [-0.15, -0.1) is 0 Å². The summed E-state index contributed by atoms with van der Waals surface area (Å²) in [5, 5.41) is 0. The minimum atomic E-state index is -0.0444. The van der Waals surface area contributed by atoms with E-state index in [2.05, 4.69) is 23.7 Å². The van der Waals surface area contributed by atoms with Gasteiger partial charge in [-0.05, 0) is 18.1 Å². The normalized spacial score (nSPS) is 15.9. The summed E-state index contributed by atoms with van der Waals surface area (Å²) < 4.78 is 1.67. The van der Waals surface area contributed by atoms with Crippen LogP contribution in [0.15, 0.2) is 29.1 Å². The zero-order chi connectivity index (χ0) is 18.0. The maximum Gasteiger partial charge on any atom is 0.273 e. The first-order chi connectivity index (χ1) is 12.0. The molecule has 2 heterocycles. The number of piperazine rings is 1. The summed E-state index contributed by atoms with van der Waals surface area (Å²) >= 11 is 0. The highest BCUT2D eigenvalue weighted by atomic mass is 16.2. The van der Waals surface area contributed by atoms with Crippen molar-refractivity contribution in [1.82, 2.24) is 19.4 Å². The van der Waals surface area contributed by atoms with E-state index in [-0.39, 0.29) is 11.5 Å². The molecule has 134 valence electrons. The van der Waals surface area contributed by atoms with E-state index in [0.29, 0.717) is 24.6 Å². The molecule has 6 nitrogen and oxygen atoms in total. The molecule has 1 aromatic heterocycles. The predicted molar refractivity (Wildman–Crippen MR) is 98.3 cm³/mol. The van der Waals surface area contributed by atoms with Gasteiger partial charge >= 0.3 is 0 Å². The van der Waals surface area contributed by atoms with E-state index >= 15 is 0 Å². The van der Waals surface area contributed by atoms with Crippen LogP contribution in [-0.2, 0) is 18.4 Å². The Labute approximate surface area is 148 Å². The lowest BCUT2D eigenvalue weighted by molar-refractivity contribution is -0.133. The quantitative estimate of drug-likeness (QED) is 0.847. The molecule has 0 saturated carbocycles. The van der Waals surface area contributed by atoms with Gasteiger partial charge in [0.2, 0.25) is 5.91 Å². The van der Waals surface area contributed by atoms with Gasteiger partial charge in [-0.3, -0.25) is 14.5 Å². The third kappa shape index (κ3) is 3.90. The Kier molecular flexibility index (Phi) is 5.18. The third-order valence-corrected chi connectivity index (χ3v) is 4.73. The van der Waals surface area contributed by atoms with E-state index < -0.39 is 0 Å². The summed E-state index contributed by atoms with van der Waals surface area (Å²) in [7, 11) is 1.79. The van der Waals surface area contributed by atoms with Crippen LogP contribution in [0.2, 0.25) is 0 Å². The van der Waals surface area contributed by atoms with Crippen LogP contribution in [0, 0.1) is 5.92 Å². The number of para-hydroxylation sites is 2. The molecule has 0 spiro atoms. The molecular weight excluding hydrogens is 316 g/mol. The smallest absolute Gasteiger partial charge is 0.273 e. The zero-order valence-electron chi connectivity index (χ0n) is 15.2. The number of rotatable bonds is 4. The van der Waals surface area contributed by atoms with Crippen molar-refractivity contribution in [3.05, 3.63) is 40.3 Å². The van der Waals surface area contributed by atoms with Crippen molar-refractivity contribution in [2.75, 3.05) is 26.2 Å². The second kappa shape index (κ2) is 7.35. The summed E-state index contributed by atoms with van der Waals surface area (Å²) in [4.78, 5) is 33.4. The van der Waals surface area contributed by atoms with Crippen molar-refractivity contribution >= 4 is 16.9 Å². The minimum absolute atomic E-state index is 0.0444. The molecule has 0 N–H and O–H groups in total. The Hall–Kier alpha value is -2.21. The summed E-state index contributed by atoms with van der Waals surface area (Å²) in [6.45, 7) is 7.66. The van der Waals surface area contributed by atoms with Gasteiger partial charge < -0.3 is 9.47 Å². The number of hydrogen-bond acceptors (Lipinski definition) is 4. The Bertz CT molecular complexity index is 820. The molecule has 25 heavy (non-hydrogen) atoms. The van der Waals surface area contributed by atoms with Crippen LogP contribution in [0.4, 0.5) is 0 Å². The number of benzene rings is 1. The molecule has 6 heteroatoms. The van der Waals surface area contributed by atoms with Gasteiger partial charge in [-0.2, -0.15) is 0 Å². The topological polar surface area (TPSA) is 58.4 Å². The van der Waals surface area contributed by atoms with E-state index in [0.717, 1.165) is 37.2 Å². The van der Waals surface area contributed by atoms with Gasteiger partial charge in [0.1, 0.15) is 5.69 Å². The van der Waals surface area contributed by atoms with E-state index in [9.17, 15) is 9.59 Å². The molecule has 0 aliphatic carbocycles. The van der Waals surface area contributed by atoms with Crippen LogP contribution in [0.25, 0.3) is 11.0 Å². The van der Waals surface area contributed by atoms with Crippen molar-refractivity contribution in [2.45, 2.75) is 26.8 Å². The van der Waals surface area contributed by atoms with Crippen LogP contribution in [0.5, 0.6) is 0 Å². The number of aromatic nitrogens is 2. The van der Waals surface area contributed by atoms with Gasteiger partial charge in [0.05, 0.1) is 11.0 Å². The summed E-state index contributed by atoms with van der Waals surface area (Å²) in [5.41, 5.74) is 2.21. The van der Waals surface area contributed by atoms with E-state index in [1.165, 1.54) is 0 Å². The largest absolute Gasteiger partial charge is 0.340 e. The first-order valence-electron chi connectivity index (χ1n) is 8.90. The van der Waals surface area contributed by atoms with Gasteiger partial charge in [-0.1, -0.05) is 26.0 Å². The van der Waals surface area contributed by atoms with Crippen molar-refractivity contribution in [2.24, 2.45) is 13.0 Å². The SMILES string of the molecule is CC(C)CC(=O)N1CCN(Cc2nc3ccccc3n(C)c2=O)CC1. The first-order valence-corrected chi connectivity index (χ1v) is 8.90. The summed E-state index contributed by atoms with van der Waals surface area (Å²) in [6.07, 6.45) is 0.604. The lowest BCUT2D eigenvalue weighted by Gasteiger charge is -2.34. The molecule has 1 aromatic carbocycles. The second-order valence-electron chi connectivity index (χ2n) is 7.17. The lowest BCUT2D eigenvalue weighted by Crippen LogP contribution is -2.49. The molecule has 1 fully saturated rings. The van der Waals surface area contributed by atoms with Gasteiger partial charge in [0.15, 0.2) is 0 Å². The molecule has 0 unspecified atom stereocenters. The van der Waals surface area contributed by atoms with Crippen molar-refractivity contribution in [1.29, 1.82) is 0 Å². The predicted octanol–water partition coefficient (Wildman–Crippen LogP) is 1.62. The lowest BCUT2D eigenvalue weighted by atomic mass is 10.1. The van der Waals surface area contributed by atoms with Crippen LogP contribution < -0.4 is 5.56 Å². The third-order valence-electron chi connectivity index (χ3n) is 4.73. The number of hydrogen-bond donors (Lipinski definition) is 0. The minimum Gasteiger partial charge on any atom is -0.340 e. The summed E-state index contributed by atoms with van der Waals surface area (Å²) in [5.74, 6) is 0.616. The van der Waals surface area contributed by atoms with Crippen LogP contribution in [0.1, 0.15) is 26.0 Å². The molecular formula is C19H26N4O2. The highest BCUT2D eigenvalue weighted by molar-refractivity contribution is 5.76. The van der Waals surface area contributed by atoms with E-state index in [1.54, 1.807) is 11.6 Å². The molecule has 1 aliphatic rings. The van der Waals surface area contributed by atoms with E-state index in [1.807, 2.05) is 29.2 Å². The maximum absolute atomic E-state index is 12.6. The number of amides is 1. The highest BCUT2D eigenvalue weighted by Crippen LogP contribution is 2.12. The monoisotopic (exact) mass is 342 g/mol. The Morgan fingerprint density at radius 2 is 1.84 bits per heavy atom. The second-order valence-corrected chi connectivity index (χ2v) is 7.17. The van der Waals surface area contributed by atoms with Crippen molar-refractivity contribution in [3.8, 4) is 0 Å². The highest BCUT2D eigenvalue weighted by Gasteiger charge is 2.22. The number of carbonyl (C=O) groups is 1. The molecule has 3 rings (SSSR count). The molecule has 0 atom stereocenters. The van der Waals surface area contributed by atoms with Gasteiger partial charge in [0, 0.05) is 46.2 Å². The Balaban J connectivity index is 1.68. The molecule has 2 aromatic rings. The first kappa shape index (κ1) is 17.6. The Morgan fingerprint density at radius 1 is 1.16 bits per heavy atom. The number of carbonyl (C=O) groups excluding carboxylic acids is 1. The van der Waals surface area contributed by atoms with Crippen molar-refractivity contribution < 1.29 is 4.79 Å². The van der Waals surface area contributed by atoms with Gasteiger partial charge in [0.25, 0.3) is 5.56 Å². The number of aryl methyl sites for hydroxylation is 1. The van der Waals surface area contributed by atoms with Crippen LogP contribution in [0.3, 0.4) is 0 Å². The fourth-order valence-electron chi connectivity index (χ4n) is 3.29. The molecule has 1 aliphatic heterocycles. The molecule has 1 saturated heterocycles. The zero-order valence-corrected chi connectivity index (χ0v) is 15.2. The fraction of sp³-hybridized carbons (Fsp3) is 0.526. The van der Waals surface area contributed by atoms with Crippen LogP contribution in [-0.4, -0.2) is 51.4 Å². The Morgan fingerprint density at radius 3 is 2.52 bits per heavy atom. The standard InChI is InChI=1S/C19H26N4O2/c1-14(2)12-18(24)23-10-8-22(9-11-23)13-16-19(25)21(3)17-7-5-4-6-15(17)20-16/h4-7,14H,8-13H2,1-3H3. The molecule has 0 radical (unpaired) electrons.